The third-order valence-electron chi connectivity index (χ3n) is 5.58. The van der Waals surface area contributed by atoms with Crippen molar-refractivity contribution >= 4 is 5.91 Å². The lowest BCUT2D eigenvalue weighted by Gasteiger charge is -2.27. The van der Waals surface area contributed by atoms with Crippen LogP contribution < -0.4 is 0 Å². The Morgan fingerprint density at radius 2 is 2.12 bits per heavy atom. The number of aromatic nitrogens is 1. The van der Waals surface area contributed by atoms with E-state index in [1.807, 2.05) is 30.9 Å². The second kappa shape index (κ2) is 6.12. The Labute approximate surface area is 143 Å². The van der Waals surface area contributed by atoms with Crippen LogP contribution in [0.3, 0.4) is 0 Å². The van der Waals surface area contributed by atoms with E-state index in [-0.39, 0.29) is 11.3 Å². The molecule has 2 aliphatic heterocycles. The van der Waals surface area contributed by atoms with Gasteiger partial charge in [-0.05, 0) is 44.7 Å². The Hall–Kier alpha value is -1.46. The monoisotopic (exact) mass is 330 g/mol. The van der Waals surface area contributed by atoms with Gasteiger partial charge in [-0.2, -0.15) is 0 Å². The topological polar surface area (TPSA) is 51.7 Å². The van der Waals surface area contributed by atoms with E-state index in [0.717, 1.165) is 49.2 Å². The van der Waals surface area contributed by atoms with Gasteiger partial charge < -0.3 is 14.4 Å². The lowest BCUT2D eigenvalue weighted by Crippen LogP contribution is -2.37. The van der Waals surface area contributed by atoms with Gasteiger partial charge in [0.15, 0.2) is 0 Å². The molecule has 0 bridgehead atoms. The first kappa shape index (κ1) is 16.0. The molecule has 3 heterocycles. The number of carbonyl (C=O) groups excluding carboxylic acids is 1. The molecule has 1 amide bonds. The fraction of sp³-hybridized carbons (Fsp3) is 0.684. The first-order valence-electron chi connectivity index (χ1n) is 8.96. The molecule has 0 radical (unpaired) electrons. The SMILES string of the molecule is Cc1cc(C(=O)N2C[C@@H]3COC[C@]3(COCC3CC3)C2)cc(C)n1. The minimum atomic E-state index is -0.0122. The molecular weight excluding hydrogens is 304 g/mol. The zero-order chi connectivity index (χ0) is 16.7. The Balaban J connectivity index is 1.46. The van der Waals surface area contributed by atoms with Crippen LogP contribution in [0.2, 0.25) is 0 Å². The summed E-state index contributed by atoms with van der Waals surface area (Å²) in [6, 6.07) is 3.77. The molecule has 130 valence electrons. The number of likely N-dealkylation sites (tertiary alicyclic amines) is 1. The standard InChI is InChI=1S/C19H26N2O3/c1-13-5-16(6-14(2)20-13)18(22)21-7-17-9-24-12-19(17,10-21)11-23-8-15-3-4-15/h5-6,15,17H,3-4,7-12H2,1-2H3/t17-,19-/m1/s1. The number of nitrogens with zero attached hydrogens (tertiary/aromatic N) is 2. The van der Waals surface area contributed by atoms with Gasteiger partial charge in [0.05, 0.1) is 19.8 Å². The summed E-state index contributed by atoms with van der Waals surface area (Å²) in [4.78, 5) is 19.3. The van der Waals surface area contributed by atoms with Gasteiger partial charge in [0.2, 0.25) is 0 Å². The van der Waals surface area contributed by atoms with E-state index in [1.54, 1.807) is 0 Å². The molecule has 5 nitrogen and oxygen atoms in total. The lowest BCUT2D eigenvalue weighted by molar-refractivity contribution is 0.0223. The fourth-order valence-corrected chi connectivity index (χ4v) is 4.04. The van der Waals surface area contributed by atoms with Gasteiger partial charge >= 0.3 is 0 Å². The number of ether oxygens (including phenoxy) is 2. The van der Waals surface area contributed by atoms with Gasteiger partial charge in [-0.15, -0.1) is 0 Å². The van der Waals surface area contributed by atoms with E-state index in [2.05, 4.69) is 4.98 Å². The first-order chi connectivity index (χ1) is 11.6. The summed E-state index contributed by atoms with van der Waals surface area (Å²) in [5.41, 5.74) is 2.52. The highest BCUT2D eigenvalue weighted by molar-refractivity contribution is 5.94. The van der Waals surface area contributed by atoms with E-state index in [9.17, 15) is 4.79 Å². The number of hydrogen-bond acceptors (Lipinski definition) is 4. The number of carbonyl (C=O) groups is 1. The average Bonchev–Trinajstić information content (AvgIpc) is 3.15. The van der Waals surface area contributed by atoms with Crippen LogP contribution in [0, 0.1) is 31.1 Å². The molecule has 24 heavy (non-hydrogen) atoms. The highest BCUT2D eigenvalue weighted by Gasteiger charge is 2.52. The van der Waals surface area contributed by atoms with E-state index >= 15 is 0 Å². The van der Waals surface area contributed by atoms with Crippen LogP contribution >= 0.6 is 0 Å². The van der Waals surface area contributed by atoms with E-state index in [1.165, 1.54) is 12.8 Å². The molecule has 2 atom stereocenters. The third kappa shape index (κ3) is 3.07. The van der Waals surface area contributed by atoms with Gasteiger partial charge in [-0.25, -0.2) is 0 Å². The molecule has 1 aromatic rings. The van der Waals surface area contributed by atoms with Crippen LogP contribution in [0.4, 0.5) is 0 Å². The number of pyridine rings is 1. The Bertz CT molecular complexity index is 623. The number of aryl methyl sites for hydroxylation is 2. The van der Waals surface area contributed by atoms with Crippen molar-refractivity contribution < 1.29 is 14.3 Å². The predicted octanol–water partition coefficient (Wildman–Crippen LogP) is 2.21. The second-order valence-corrected chi connectivity index (χ2v) is 7.86. The van der Waals surface area contributed by atoms with Crippen LogP contribution in [0.1, 0.15) is 34.6 Å². The summed E-state index contributed by atoms with van der Waals surface area (Å²) in [6.45, 7) is 8.41. The summed E-state index contributed by atoms with van der Waals surface area (Å²) in [6.07, 6.45) is 2.61. The lowest BCUT2D eigenvalue weighted by atomic mass is 9.82. The normalized spacial score (nSPS) is 29.1. The molecule has 0 aromatic carbocycles. The molecule has 3 aliphatic rings. The van der Waals surface area contributed by atoms with Crippen LogP contribution in [0.25, 0.3) is 0 Å². The van der Waals surface area contributed by atoms with Crippen molar-refractivity contribution in [1.82, 2.24) is 9.88 Å². The molecule has 2 saturated heterocycles. The van der Waals surface area contributed by atoms with Crippen molar-refractivity contribution in [3.8, 4) is 0 Å². The zero-order valence-electron chi connectivity index (χ0n) is 14.6. The molecule has 5 heteroatoms. The van der Waals surface area contributed by atoms with Crippen LogP contribution in [-0.4, -0.2) is 55.3 Å². The van der Waals surface area contributed by atoms with E-state index in [4.69, 9.17) is 9.47 Å². The number of rotatable bonds is 5. The predicted molar refractivity (Wildman–Crippen MR) is 89.9 cm³/mol. The highest BCUT2D eigenvalue weighted by Crippen LogP contribution is 2.42. The molecule has 1 aromatic heterocycles. The van der Waals surface area contributed by atoms with Crippen LogP contribution in [-0.2, 0) is 9.47 Å². The van der Waals surface area contributed by atoms with Crippen molar-refractivity contribution in [3.05, 3.63) is 29.1 Å². The molecule has 4 rings (SSSR count). The maximum Gasteiger partial charge on any atom is 0.254 e. The Morgan fingerprint density at radius 1 is 1.38 bits per heavy atom. The van der Waals surface area contributed by atoms with E-state index < -0.39 is 0 Å². The summed E-state index contributed by atoms with van der Waals surface area (Å²) < 4.78 is 11.7. The maximum atomic E-state index is 12.9. The molecule has 1 aliphatic carbocycles. The maximum absolute atomic E-state index is 12.9. The Morgan fingerprint density at radius 3 is 2.83 bits per heavy atom. The smallest absolute Gasteiger partial charge is 0.254 e. The van der Waals surface area contributed by atoms with Crippen molar-refractivity contribution in [2.45, 2.75) is 26.7 Å². The molecule has 3 fully saturated rings. The molecular formula is C19H26N2O3. The van der Waals surface area contributed by atoms with Gasteiger partial charge in [0.25, 0.3) is 5.91 Å². The van der Waals surface area contributed by atoms with Gasteiger partial charge in [-0.1, -0.05) is 0 Å². The second-order valence-electron chi connectivity index (χ2n) is 7.86. The van der Waals surface area contributed by atoms with E-state index in [0.29, 0.717) is 19.1 Å². The first-order valence-corrected chi connectivity index (χ1v) is 8.96. The van der Waals surface area contributed by atoms with Crippen molar-refractivity contribution in [2.75, 3.05) is 39.5 Å². The summed E-state index contributed by atoms with van der Waals surface area (Å²) in [5, 5.41) is 0. The summed E-state index contributed by atoms with van der Waals surface area (Å²) >= 11 is 0. The quantitative estimate of drug-likeness (QED) is 0.831. The minimum Gasteiger partial charge on any atom is -0.380 e. The minimum absolute atomic E-state index is 0.0122. The van der Waals surface area contributed by atoms with Crippen molar-refractivity contribution in [1.29, 1.82) is 0 Å². The van der Waals surface area contributed by atoms with Gasteiger partial charge in [-0.3, -0.25) is 9.78 Å². The zero-order valence-corrected chi connectivity index (χ0v) is 14.6. The van der Waals surface area contributed by atoms with Crippen LogP contribution in [0.15, 0.2) is 12.1 Å². The van der Waals surface area contributed by atoms with Gasteiger partial charge in [0.1, 0.15) is 0 Å². The molecule has 1 saturated carbocycles. The molecule has 0 N–H and O–H groups in total. The number of hydrogen-bond donors (Lipinski definition) is 0. The highest BCUT2D eigenvalue weighted by atomic mass is 16.5. The molecule has 0 spiro atoms. The largest absolute Gasteiger partial charge is 0.380 e. The van der Waals surface area contributed by atoms with Crippen molar-refractivity contribution in [2.24, 2.45) is 17.3 Å². The Kier molecular flexibility index (Phi) is 4.09. The number of amides is 1. The fourth-order valence-electron chi connectivity index (χ4n) is 4.04. The van der Waals surface area contributed by atoms with Gasteiger partial charge in [0, 0.05) is 48.0 Å². The molecule has 0 unspecified atom stereocenters. The van der Waals surface area contributed by atoms with Crippen LogP contribution in [0.5, 0.6) is 0 Å². The van der Waals surface area contributed by atoms with Crippen molar-refractivity contribution in [3.63, 3.8) is 0 Å². The summed E-state index contributed by atoms with van der Waals surface area (Å²) in [7, 11) is 0. The number of fused-ring (bicyclic) bond motifs is 1. The average molecular weight is 330 g/mol. The summed E-state index contributed by atoms with van der Waals surface area (Å²) in [5.74, 6) is 1.27. The third-order valence-corrected chi connectivity index (χ3v) is 5.58.